The molecule has 0 aromatic carbocycles. The molecule has 0 aliphatic heterocycles. The van der Waals surface area contributed by atoms with Crippen molar-refractivity contribution in [2.75, 3.05) is 6.16 Å². The molecule has 0 radical (unpaired) electrons. The van der Waals surface area contributed by atoms with E-state index in [1.807, 2.05) is 31.8 Å². The molecule has 0 amide bonds. The summed E-state index contributed by atoms with van der Waals surface area (Å²) >= 11 is 0. The van der Waals surface area contributed by atoms with Crippen LogP contribution in [0.1, 0.15) is 5.56 Å². The first-order valence-corrected chi connectivity index (χ1v) is 9.77. The van der Waals surface area contributed by atoms with Gasteiger partial charge in [-0.25, -0.2) is 4.21 Å². The highest BCUT2D eigenvalue weighted by atomic mass is 31.1. The van der Waals surface area contributed by atoms with Crippen LogP contribution in [0, 0.1) is 0 Å². The van der Waals surface area contributed by atoms with Crippen LogP contribution in [-0.2, 0) is 15.2 Å². The minimum Gasteiger partial charge on any atom is -0.265 e. The third kappa shape index (κ3) is 5.77. The quantitative estimate of drug-likeness (QED) is 0.588. The minimum atomic E-state index is -1.65. The van der Waals surface area contributed by atoms with Crippen molar-refractivity contribution < 1.29 is 8.78 Å². The van der Waals surface area contributed by atoms with E-state index in [1.54, 1.807) is 12.4 Å². The van der Waals surface area contributed by atoms with Crippen LogP contribution in [0.4, 0.5) is 0 Å². The van der Waals surface area contributed by atoms with E-state index in [1.165, 1.54) is 0 Å². The smallest absolute Gasteiger partial charge is 0.265 e. The van der Waals surface area contributed by atoms with Crippen molar-refractivity contribution in [3.8, 4) is 0 Å². The van der Waals surface area contributed by atoms with Crippen LogP contribution in [-0.4, -0.2) is 19.5 Å². The maximum Gasteiger partial charge on any atom is 0.496 e. The summed E-state index contributed by atoms with van der Waals surface area (Å²) in [6.07, 6.45) is 4.90. The fourth-order valence-electron chi connectivity index (χ4n) is 1.12. The summed E-state index contributed by atoms with van der Waals surface area (Å²) in [5.41, 5.74) is 1.16. The van der Waals surface area contributed by atoms with E-state index in [0.29, 0.717) is 6.16 Å². The number of hydrogen-bond acceptors (Lipinski definition) is 3. The lowest BCUT2D eigenvalue weighted by atomic mass is 10.2. The Balaban J connectivity index is 2.35. The third-order valence-corrected chi connectivity index (χ3v) is 5.30. The van der Waals surface area contributed by atoms with Gasteiger partial charge in [-0.05, 0) is 41.9 Å². The Morgan fingerprint density at radius 1 is 1.33 bits per heavy atom. The molecule has 15 heavy (non-hydrogen) atoms. The number of rotatable bonds is 5. The summed E-state index contributed by atoms with van der Waals surface area (Å²) in [6, 6.07) is 3.88. The van der Waals surface area contributed by atoms with Crippen molar-refractivity contribution in [1.82, 2.24) is 4.98 Å². The van der Waals surface area contributed by atoms with E-state index < -0.39 is 16.3 Å². The highest BCUT2D eigenvalue weighted by molar-refractivity contribution is 7.41. The fourth-order valence-corrected chi connectivity index (χ4v) is 4.37. The van der Waals surface area contributed by atoms with Crippen LogP contribution in [0.15, 0.2) is 24.5 Å². The summed E-state index contributed by atoms with van der Waals surface area (Å²) in [7, 11) is -3.16. The molecule has 1 unspecified atom stereocenters. The van der Waals surface area contributed by atoms with E-state index >= 15 is 0 Å². The molecule has 0 aliphatic carbocycles. The topological polar surface area (TPSA) is 39.2 Å². The molecule has 3 nitrogen and oxygen atoms in total. The van der Waals surface area contributed by atoms with Gasteiger partial charge in [0.1, 0.15) is 0 Å². The normalized spacial score (nSPS) is 12.6. The zero-order valence-electron chi connectivity index (χ0n) is 9.43. The van der Waals surface area contributed by atoms with Gasteiger partial charge in [-0.1, -0.05) is 0 Å². The lowest BCUT2D eigenvalue weighted by Crippen LogP contribution is -2.21. The van der Waals surface area contributed by atoms with Crippen LogP contribution < -0.4 is 0 Å². The van der Waals surface area contributed by atoms with E-state index in [9.17, 15) is 4.57 Å². The van der Waals surface area contributed by atoms with Crippen LogP contribution >= 0.6 is 8.03 Å². The number of nitrogens with zero attached hydrogens (tertiary/aromatic N) is 1. The van der Waals surface area contributed by atoms with Crippen molar-refractivity contribution in [2.24, 2.45) is 0 Å². The molecule has 1 rings (SSSR count). The monoisotopic (exact) mass is 242 g/mol. The molecule has 1 aromatic rings. The van der Waals surface area contributed by atoms with Gasteiger partial charge in [0, 0.05) is 18.8 Å². The lowest BCUT2D eigenvalue weighted by molar-refractivity contribution is 0.504. The molecule has 0 saturated carbocycles. The Morgan fingerprint density at radius 2 is 1.93 bits per heavy atom. The molecule has 0 bridgehead atoms. The number of hydrogen-bond donors (Lipinski definition) is 0. The Morgan fingerprint density at radius 3 is 2.47 bits per heavy atom. The second kappa shape index (κ2) is 5.49. The summed E-state index contributed by atoms with van der Waals surface area (Å²) < 4.78 is 17.1. The van der Waals surface area contributed by atoms with E-state index in [2.05, 4.69) is 4.98 Å². The average Bonchev–Trinajstić information content (AvgIpc) is 2.14. The van der Waals surface area contributed by atoms with Crippen LogP contribution in [0.2, 0.25) is 19.6 Å². The molecule has 1 heterocycles. The molecule has 0 spiro atoms. The fraction of sp³-hybridized carbons (Fsp3) is 0.500. The second-order valence-electron chi connectivity index (χ2n) is 4.37. The van der Waals surface area contributed by atoms with Crippen LogP contribution in [0.3, 0.4) is 0 Å². The Bertz CT molecular complexity index is 324. The van der Waals surface area contributed by atoms with Gasteiger partial charge >= 0.3 is 8.03 Å². The van der Waals surface area contributed by atoms with Gasteiger partial charge in [-0.15, -0.1) is 0 Å². The standard InChI is InChI=1S/C10H17NO2PSi/c1-15(2,3)13-14(12)9-6-10-4-7-11-8-5-10/h4-5,7-8H,6,9H2,1-3H3/q+1. The highest BCUT2D eigenvalue weighted by Crippen LogP contribution is 2.28. The third-order valence-electron chi connectivity index (χ3n) is 1.71. The SMILES string of the molecule is C[Si](C)(C)O[P+](=O)CCc1ccncc1. The van der Waals surface area contributed by atoms with Gasteiger partial charge in [0.05, 0.1) is 0 Å². The molecule has 82 valence electrons. The predicted molar refractivity (Wildman–Crippen MR) is 64.8 cm³/mol. The van der Waals surface area contributed by atoms with Crippen molar-refractivity contribution in [3.63, 3.8) is 0 Å². The summed E-state index contributed by atoms with van der Waals surface area (Å²) in [5, 5.41) is 0. The molecule has 1 aromatic heterocycles. The van der Waals surface area contributed by atoms with Gasteiger partial charge in [-0.2, -0.15) is 0 Å². The minimum absolute atomic E-state index is 0.601. The van der Waals surface area contributed by atoms with Crippen molar-refractivity contribution in [2.45, 2.75) is 26.1 Å². The summed E-state index contributed by atoms with van der Waals surface area (Å²) in [6.45, 7) is 6.14. The van der Waals surface area contributed by atoms with Gasteiger partial charge < -0.3 is 0 Å². The van der Waals surface area contributed by atoms with E-state index in [-0.39, 0.29) is 0 Å². The molecule has 0 saturated heterocycles. The maximum absolute atomic E-state index is 11.6. The lowest BCUT2D eigenvalue weighted by Gasteiger charge is -2.05. The summed E-state index contributed by atoms with van der Waals surface area (Å²) in [4.78, 5) is 3.93. The first-order valence-electron chi connectivity index (χ1n) is 5.00. The Kier molecular flexibility index (Phi) is 4.58. The first kappa shape index (κ1) is 12.5. The Hall–Kier alpha value is -0.573. The second-order valence-corrected chi connectivity index (χ2v) is 10.4. The van der Waals surface area contributed by atoms with Gasteiger partial charge in [0.2, 0.25) is 0 Å². The number of aryl methyl sites for hydroxylation is 1. The van der Waals surface area contributed by atoms with Gasteiger partial charge in [-0.3, -0.25) is 4.98 Å². The molecule has 0 aliphatic rings. The van der Waals surface area contributed by atoms with Gasteiger partial charge in [0.15, 0.2) is 6.16 Å². The molecule has 0 N–H and O–H groups in total. The molecular weight excluding hydrogens is 225 g/mol. The first-order chi connectivity index (χ1) is 6.97. The number of aromatic nitrogens is 1. The predicted octanol–water partition coefficient (Wildman–Crippen LogP) is 3.22. The molecule has 5 heteroatoms. The highest BCUT2D eigenvalue weighted by Gasteiger charge is 2.29. The van der Waals surface area contributed by atoms with Crippen molar-refractivity contribution in [3.05, 3.63) is 30.1 Å². The van der Waals surface area contributed by atoms with Crippen molar-refractivity contribution in [1.29, 1.82) is 0 Å². The largest absolute Gasteiger partial charge is 0.496 e. The van der Waals surface area contributed by atoms with Crippen LogP contribution in [0.25, 0.3) is 0 Å². The zero-order valence-corrected chi connectivity index (χ0v) is 11.3. The average molecular weight is 242 g/mol. The van der Waals surface area contributed by atoms with Gasteiger partial charge in [0.25, 0.3) is 8.32 Å². The number of pyridine rings is 1. The molecule has 1 atom stereocenters. The molecule has 0 fully saturated rings. The molecular formula is C10H17NO2PSi+. The van der Waals surface area contributed by atoms with E-state index in [4.69, 9.17) is 4.21 Å². The maximum atomic E-state index is 11.6. The van der Waals surface area contributed by atoms with Crippen LogP contribution in [0.5, 0.6) is 0 Å². The van der Waals surface area contributed by atoms with Crippen molar-refractivity contribution >= 4 is 16.3 Å². The zero-order chi connectivity index (χ0) is 11.3. The Labute approximate surface area is 92.9 Å². The summed E-state index contributed by atoms with van der Waals surface area (Å²) in [5.74, 6) is 0. The van der Waals surface area contributed by atoms with E-state index in [0.717, 1.165) is 12.0 Å².